The maximum atomic E-state index is 13.2. The fourth-order valence-electron chi connectivity index (χ4n) is 2.22. The summed E-state index contributed by atoms with van der Waals surface area (Å²) in [6.45, 7) is 0.436. The molecule has 0 saturated carbocycles. The number of aryl methyl sites for hydroxylation is 1. The number of nitrogens with one attached hydrogen (secondary N) is 1. The molecule has 1 N–H and O–H groups in total. The maximum absolute atomic E-state index is 13.2. The van der Waals surface area contributed by atoms with Crippen LogP contribution in [0, 0.1) is 15.9 Å². The van der Waals surface area contributed by atoms with Crippen molar-refractivity contribution in [2.45, 2.75) is 6.04 Å². The molecule has 2 aromatic rings. The zero-order valence-electron chi connectivity index (χ0n) is 12.7. The Balaban J connectivity index is 2.18. The van der Waals surface area contributed by atoms with Gasteiger partial charge in [0.15, 0.2) is 0 Å². The molecule has 0 aliphatic rings. The number of nitro groups is 1. The number of halogens is 1. The van der Waals surface area contributed by atoms with E-state index in [9.17, 15) is 14.5 Å². The van der Waals surface area contributed by atoms with Gasteiger partial charge in [0.1, 0.15) is 11.5 Å². The average molecular weight is 307 g/mol. The smallest absolute Gasteiger partial charge is 0.295 e. The van der Waals surface area contributed by atoms with E-state index < -0.39 is 10.7 Å². The SMILES string of the molecule is CN(C)C(CNc1ccc(F)cc1[N+](=O)[O-])c1cnn(C)c1. The minimum Gasteiger partial charge on any atom is -0.378 e. The lowest BCUT2D eigenvalue weighted by Crippen LogP contribution is -2.26. The summed E-state index contributed by atoms with van der Waals surface area (Å²) in [7, 11) is 5.66. The van der Waals surface area contributed by atoms with E-state index in [1.807, 2.05) is 32.2 Å². The Morgan fingerprint density at radius 2 is 2.23 bits per heavy atom. The van der Waals surface area contributed by atoms with Crippen molar-refractivity contribution in [3.8, 4) is 0 Å². The molecular formula is C14H18FN5O2. The van der Waals surface area contributed by atoms with Crippen molar-refractivity contribution >= 4 is 11.4 Å². The van der Waals surface area contributed by atoms with E-state index in [0.717, 1.165) is 11.6 Å². The molecule has 1 atom stereocenters. The van der Waals surface area contributed by atoms with Crippen LogP contribution in [0.25, 0.3) is 0 Å². The molecule has 2 rings (SSSR count). The highest BCUT2D eigenvalue weighted by molar-refractivity contribution is 5.61. The van der Waals surface area contributed by atoms with E-state index in [2.05, 4.69) is 10.4 Å². The first kappa shape index (κ1) is 15.9. The summed E-state index contributed by atoms with van der Waals surface area (Å²) < 4.78 is 14.9. The fraction of sp³-hybridized carbons (Fsp3) is 0.357. The van der Waals surface area contributed by atoms with Gasteiger partial charge < -0.3 is 10.2 Å². The monoisotopic (exact) mass is 307 g/mol. The molecule has 0 amide bonds. The van der Waals surface area contributed by atoms with Gasteiger partial charge in [0.25, 0.3) is 5.69 Å². The second-order valence-corrected chi connectivity index (χ2v) is 5.23. The van der Waals surface area contributed by atoms with Crippen LogP contribution in [-0.2, 0) is 7.05 Å². The molecule has 0 saturated heterocycles. The molecule has 1 unspecified atom stereocenters. The van der Waals surface area contributed by atoms with E-state index in [1.54, 1.807) is 10.9 Å². The summed E-state index contributed by atoms with van der Waals surface area (Å²) in [5.41, 5.74) is 1.01. The number of hydrogen-bond acceptors (Lipinski definition) is 5. The third-order valence-electron chi connectivity index (χ3n) is 3.38. The summed E-state index contributed by atoms with van der Waals surface area (Å²) in [5.74, 6) is -0.631. The summed E-state index contributed by atoms with van der Waals surface area (Å²) in [6.07, 6.45) is 3.65. The van der Waals surface area contributed by atoms with Gasteiger partial charge in [-0.15, -0.1) is 0 Å². The van der Waals surface area contributed by atoms with E-state index >= 15 is 0 Å². The molecule has 1 aromatic carbocycles. The third-order valence-corrected chi connectivity index (χ3v) is 3.38. The molecule has 22 heavy (non-hydrogen) atoms. The van der Waals surface area contributed by atoms with E-state index in [0.29, 0.717) is 12.2 Å². The predicted octanol–water partition coefficient (Wildman–Crippen LogP) is 2.18. The largest absolute Gasteiger partial charge is 0.378 e. The van der Waals surface area contributed by atoms with Crippen molar-refractivity contribution in [2.24, 2.45) is 7.05 Å². The lowest BCUT2D eigenvalue weighted by atomic mass is 10.1. The number of hydrogen-bond donors (Lipinski definition) is 1. The van der Waals surface area contributed by atoms with Gasteiger partial charge in [0.05, 0.1) is 23.2 Å². The number of benzene rings is 1. The number of likely N-dealkylation sites (N-methyl/N-ethyl adjacent to an activating group) is 1. The van der Waals surface area contributed by atoms with Gasteiger partial charge in [-0.05, 0) is 26.2 Å². The third kappa shape index (κ3) is 3.59. The summed E-state index contributed by atoms with van der Waals surface area (Å²) in [6, 6.07) is 3.48. The average Bonchev–Trinajstić information content (AvgIpc) is 2.86. The van der Waals surface area contributed by atoms with Crippen LogP contribution in [0.3, 0.4) is 0 Å². The minimum atomic E-state index is -0.631. The molecule has 0 radical (unpaired) electrons. The lowest BCUT2D eigenvalue weighted by Gasteiger charge is -2.24. The van der Waals surface area contributed by atoms with Crippen LogP contribution >= 0.6 is 0 Å². The maximum Gasteiger partial charge on any atom is 0.295 e. The molecule has 0 aliphatic heterocycles. The number of aromatic nitrogens is 2. The highest BCUT2D eigenvalue weighted by Gasteiger charge is 2.19. The Morgan fingerprint density at radius 3 is 2.77 bits per heavy atom. The Morgan fingerprint density at radius 1 is 1.50 bits per heavy atom. The number of rotatable bonds is 6. The number of nitrogens with zero attached hydrogens (tertiary/aromatic N) is 4. The van der Waals surface area contributed by atoms with Crippen molar-refractivity contribution in [3.05, 3.63) is 52.1 Å². The highest BCUT2D eigenvalue weighted by Crippen LogP contribution is 2.26. The minimum absolute atomic E-state index is 0.0154. The first-order valence-electron chi connectivity index (χ1n) is 6.71. The van der Waals surface area contributed by atoms with Gasteiger partial charge in [-0.25, -0.2) is 4.39 Å². The molecule has 1 aromatic heterocycles. The van der Waals surface area contributed by atoms with Crippen LogP contribution in [0.15, 0.2) is 30.6 Å². The van der Waals surface area contributed by atoms with Crippen molar-refractivity contribution in [2.75, 3.05) is 26.0 Å². The van der Waals surface area contributed by atoms with E-state index in [4.69, 9.17) is 0 Å². The van der Waals surface area contributed by atoms with Crippen LogP contribution < -0.4 is 5.32 Å². The van der Waals surface area contributed by atoms with Gasteiger partial charge in [-0.1, -0.05) is 0 Å². The van der Waals surface area contributed by atoms with Crippen molar-refractivity contribution in [1.82, 2.24) is 14.7 Å². The zero-order chi connectivity index (χ0) is 16.3. The first-order chi connectivity index (χ1) is 10.4. The molecule has 0 aliphatic carbocycles. The van der Waals surface area contributed by atoms with Crippen LogP contribution in [-0.4, -0.2) is 40.2 Å². The normalized spacial score (nSPS) is 12.4. The van der Waals surface area contributed by atoms with Crippen LogP contribution in [0.4, 0.5) is 15.8 Å². The predicted molar refractivity (Wildman–Crippen MR) is 81.2 cm³/mol. The van der Waals surface area contributed by atoms with Crippen LogP contribution in [0.5, 0.6) is 0 Å². The van der Waals surface area contributed by atoms with Crippen molar-refractivity contribution in [1.29, 1.82) is 0 Å². The molecular weight excluding hydrogens is 289 g/mol. The molecule has 8 heteroatoms. The standard InChI is InChI=1S/C14H18FN5O2/c1-18(2)14(10-7-17-19(3)9-10)8-16-12-5-4-11(15)6-13(12)20(21)22/h4-7,9,14,16H,8H2,1-3H3. The van der Waals surface area contributed by atoms with Crippen LogP contribution in [0.1, 0.15) is 11.6 Å². The quantitative estimate of drug-likeness (QED) is 0.654. The second-order valence-electron chi connectivity index (χ2n) is 5.23. The molecule has 7 nitrogen and oxygen atoms in total. The fourth-order valence-corrected chi connectivity index (χ4v) is 2.22. The van der Waals surface area contributed by atoms with E-state index in [-0.39, 0.29) is 11.7 Å². The molecule has 118 valence electrons. The molecule has 0 fully saturated rings. The van der Waals surface area contributed by atoms with Gasteiger partial charge >= 0.3 is 0 Å². The molecule has 0 spiro atoms. The summed E-state index contributed by atoms with van der Waals surface area (Å²) >= 11 is 0. The lowest BCUT2D eigenvalue weighted by molar-refractivity contribution is -0.384. The summed E-state index contributed by atoms with van der Waals surface area (Å²) in [5, 5.41) is 18.2. The summed E-state index contributed by atoms with van der Waals surface area (Å²) in [4.78, 5) is 12.4. The Kier molecular flexibility index (Phi) is 4.71. The first-order valence-corrected chi connectivity index (χ1v) is 6.71. The number of nitro benzene ring substituents is 1. The molecule has 1 heterocycles. The van der Waals surface area contributed by atoms with Crippen molar-refractivity contribution < 1.29 is 9.31 Å². The van der Waals surface area contributed by atoms with Gasteiger partial charge in [-0.2, -0.15) is 5.10 Å². The van der Waals surface area contributed by atoms with Gasteiger partial charge in [0.2, 0.25) is 0 Å². The Labute approximate surface area is 127 Å². The number of anilines is 1. The highest BCUT2D eigenvalue weighted by atomic mass is 19.1. The van der Waals surface area contributed by atoms with Gasteiger partial charge in [0, 0.05) is 25.4 Å². The van der Waals surface area contributed by atoms with E-state index in [1.165, 1.54) is 12.1 Å². The van der Waals surface area contributed by atoms with Crippen LogP contribution in [0.2, 0.25) is 0 Å². The topological polar surface area (TPSA) is 76.2 Å². The van der Waals surface area contributed by atoms with Crippen molar-refractivity contribution in [3.63, 3.8) is 0 Å². The second kappa shape index (κ2) is 6.52. The Hall–Kier alpha value is -2.48. The Bertz CT molecular complexity index is 671. The zero-order valence-corrected chi connectivity index (χ0v) is 12.7. The van der Waals surface area contributed by atoms with Gasteiger partial charge in [-0.3, -0.25) is 14.8 Å². The molecule has 0 bridgehead atoms.